The highest BCUT2D eigenvalue weighted by atomic mass is 16.6. The van der Waals surface area contributed by atoms with Gasteiger partial charge in [0.1, 0.15) is 17.7 Å². The molecule has 1 fully saturated rings. The Morgan fingerprint density at radius 1 is 1.06 bits per heavy atom. The van der Waals surface area contributed by atoms with Gasteiger partial charge in [0.05, 0.1) is 0 Å². The Hall–Kier alpha value is -3.01. The van der Waals surface area contributed by atoms with Crippen molar-refractivity contribution in [1.82, 2.24) is 15.5 Å². The van der Waals surface area contributed by atoms with Gasteiger partial charge in [0, 0.05) is 17.1 Å². The Morgan fingerprint density at radius 2 is 1.62 bits per heavy atom. The van der Waals surface area contributed by atoms with E-state index in [-0.39, 0.29) is 23.8 Å². The van der Waals surface area contributed by atoms with Crippen LogP contribution in [0.1, 0.15) is 85.4 Å². The van der Waals surface area contributed by atoms with Crippen LogP contribution in [0.25, 0.3) is 0 Å². The van der Waals surface area contributed by atoms with Crippen LogP contribution in [-0.2, 0) is 14.3 Å². The number of terminal acetylenes is 1. The maximum absolute atomic E-state index is 13.9. The lowest BCUT2D eigenvalue weighted by atomic mass is 9.97. The van der Waals surface area contributed by atoms with Gasteiger partial charge < -0.3 is 20.3 Å². The molecule has 1 saturated carbocycles. The topological polar surface area (TPSA) is 87.7 Å². The Bertz CT molecular complexity index is 929. The molecule has 34 heavy (non-hydrogen) atoms. The summed E-state index contributed by atoms with van der Waals surface area (Å²) in [7, 11) is 0. The minimum absolute atomic E-state index is 0.0859. The molecule has 2 unspecified atom stereocenters. The summed E-state index contributed by atoms with van der Waals surface area (Å²) in [6.07, 6.45) is 6.43. The lowest BCUT2D eigenvalue weighted by molar-refractivity contribution is -0.144. The fraction of sp³-hybridized carbons (Fsp3) is 0.593. The van der Waals surface area contributed by atoms with Crippen molar-refractivity contribution in [3.8, 4) is 12.3 Å². The first kappa shape index (κ1) is 27.2. The maximum Gasteiger partial charge on any atom is 0.408 e. The van der Waals surface area contributed by atoms with E-state index in [9.17, 15) is 14.4 Å². The zero-order valence-electron chi connectivity index (χ0n) is 21.7. The Kier molecular flexibility index (Phi) is 8.41. The number of carbonyl (C=O) groups is 3. The number of nitrogens with one attached hydrogen (secondary N) is 2. The smallest absolute Gasteiger partial charge is 0.408 e. The van der Waals surface area contributed by atoms with E-state index in [4.69, 9.17) is 11.2 Å². The van der Waals surface area contributed by atoms with Gasteiger partial charge in [-0.2, -0.15) is 0 Å². The van der Waals surface area contributed by atoms with Gasteiger partial charge in [-0.15, -0.1) is 6.42 Å². The summed E-state index contributed by atoms with van der Waals surface area (Å²) in [6, 6.07) is 5.32. The van der Waals surface area contributed by atoms with Crippen molar-refractivity contribution in [2.24, 2.45) is 5.92 Å². The number of ether oxygens (including phenoxy) is 1. The standard InChI is InChI=1S/C27H39N3O4/c1-10-18-11-13-19(14-12-18)22(23(31)29-26(4,5)6)30(20-15-16-20)24(32)21(17(2)3)28-25(33)34-27(7,8)9/h1,11-14,17,20-22H,15-16H2,2-9H3,(H,28,33)(H,29,31). The van der Waals surface area contributed by atoms with E-state index in [1.165, 1.54) is 0 Å². The lowest BCUT2D eigenvalue weighted by Gasteiger charge is -2.37. The van der Waals surface area contributed by atoms with E-state index >= 15 is 0 Å². The van der Waals surface area contributed by atoms with Gasteiger partial charge in [0.15, 0.2) is 0 Å². The number of hydrogen-bond donors (Lipinski definition) is 2. The molecule has 0 saturated heterocycles. The van der Waals surface area contributed by atoms with Crippen LogP contribution in [0, 0.1) is 18.3 Å². The third-order valence-electron chi connectivity index (χ3n) is 5.22. The lowest BCUT2D eigenvalue weighted by Crippen LogP contribution is -2.56. The van der Waals surface area contributed by atoms with E-state index in [0.717, 1.165) is 12.8 Å². The van der Waals surface area contributed by atoms with Gasteiger partial charge in [-0.25, -0.2) is 4.79 Å². The molecule has 2 atom stereocenters. The molecular formula is C27H39N3O4. The monoisotopic (exact) mass is 469 g/mol. The fourth-order valence-electron chi connectivity index (χ4n) is 3.62. The summed E-state index contributed by atoms with van der Waals surface area (Å²) in [5, 5.41) is 5.76. The number of carbonyl (C=O) groups excluding carboxylic acids is 3. The Labute approximate surface area is 204 Å². The molecule has 7 nitrogen and oxygen atoms in total. The van der Waals surface area contributed by atoms with Crippen LogP contribution in [0.4, 0.5) is 4.79 Å². The molecule has 0 spiro atoms. The molecule has 0 aliphatic heterocycles. The van der Waals surface area contributed by atoms with Crippen molar-refractivity contribution in [3.63, 3.8) is 0 Å². The highest BCUT2D eigenvalue weighted by molar-refractivity contribution is 5.93. The molecule has 0 heterocycles. The van der Waals surface area contributed by atoms with Crippen LogP contribution in [0.3, 0.4) is 0 Å². The summed E-state index contributed by atoms with van der Waals surface area (Å²) in [5.74, 6) is 1.78. The zero-order chi connectivity index (χ0) is 25.8. The summed E-state index contributed by atoms with van der Waals surface area (Å²) in [4.78, 5) is 41.6. The van der Waals surface area contributed by atoms with Crippen LogP contribution in [0.2, 0.25) is 0 Å². The zero-order valence-corrected chi connectivity index (χ0v) is 21.7. The number of rotatable bonds is 7. The summed E-state index contributed by atoms with van der Waals surface area (Å²) < 4.78 is 5.39. The molecule has 1 aromatic carbocycles. The van der Waals surface area contributed by atoms with Gasteiger partial charge in [0.2, 0.25) is 11.8 Å². The van der Waals surface area contributed by atoms with E-state index in [0.29, 0.717) is 11.1 Å². The first-order chi connectivity index (χ1) is 15.6. The quantitative estimate of drug-likeness (QED) is 0.587. The normalized spacial score (nSPS) is 15.6. The van der Waals surface area contributed by atoms with E-state index < -0.39 is 29.3 Å². The molecule has 1 aliphatic rings. The predicted octanol–water partition coefficient (Wildman–Crippen LogP) is 4.16. The summed E-state index contributed by atoms with van der Waals surface area (Å²) >= 11 is 0. The number of amides is 3. The third kappa shape index (κ3) is 7.79. The molecule has 0 aromatic heterocycles. The van der Waals surface area contributed by atoms with Gasteiger partial charge in [0.25, 0.3) is 0 Å². The number of alkyl carbamates (subject to hydrolysis) is 1. The first-order valence-corrected chi connectivity index (χ1v) is 11.8. The van der Waals surface area contributed by atoms with Crippen LogP contribution in [0.15, 0.2) is 24.3 Å². The molecule has 2 N–H and O–H groups in total. The average molecular weight is 470 g/mol. The van der Waals surface area contributed by atoms with Crippen molar-refractivity contribution in [2.75, 3.05) is 0 Å². The molecule has 1 aliphatic carbocycles. The second-order valence-corrected chi connectivity index (χ2v) is 11.3. The molecular weight excluding hydrogens is 430 g/mol. The predicted molar refractivity (Wildman–Crippen MR) is 133 cm³/mol. The van der Waals surface area contributed by atoms with Crippen LogP contribution in [0.5, 0.6) is 0 Å². The van der Waals surface area contributed by atoms with E-state index in [1.807, 2.05) is 34.6 Å². The second kappa shape index (κ2) is 10.5. The maximum atomic E-state index is 13.9. The molecule has 0 radical (unpaired) electrons. The van der Waals surface area contributed by atoms with Gasteiger partial charge in [-0.05, 0) is 78.0 Å². The van der Waals surface area contributed by atoms with Gasteiger partial charge in [-0.3, -0.25) is 9.59 Å². The van der Waals surface area contributed by atoms with Crippen molar-refractivity contribution < 1.29 is 19.1 Å². The number of hydrogen-bond acceptors (Lipinski definition) is 4. The Morgan fingerprint density at radius 3 is 2.03 bits per heavy atom. The highest BCUT2D eigenvalue weighted by Gasteiger charge is 2.45. The minimum atomic E-state index is -0.854. The summed E-state index contributed by atoms with van der Waals surface area (Å²) in [5.41, 5.74) is 0.174. The first-order valence-electron chi connectivity index (χ1n) is 11.8. The largest absolute Gasteiger partial charge is 0.444 e. The van der Waals surface area contributed by atoms with Crippen LogP contribution >= 0.6 is 0 Å². The molecule has 1 aromatic rings. The van der Waals surface area contributed by atoms with Crippen molar-refractivity contribution in [3.05, 3.63) is 35.4 Å². The molecule has 186 valence electrons. The fourth-order valence-corrected chi connectivity index (χ4v) is 3.62. The van der Waals surface area contributed by atoms with Crippen LogP contribution < -0.4 is 10.6 Å². The van der Waals surface area contributed by atoms with Crippen LogP contribution in [-0.4, -0.2) is 46.0 Å². The molecule has 7 heteroatoms. The second-order valence-electron chi connectivity index (χ2n) is 11.3. The van der Waals surface area contributed by atoms with Crippen molar-refractivity contribution in [1.29, 1.82) is 0 Å². The minimum Gasteiger partial charge on any atom is -0.444 e. The van der Waals surface area contributed by atoms with Crippen molar-refractivity contribution in [2.45, 2.75) is 97.5 Å². The number of benzene rings is 1. The molecule has 0 bridgehead atoms. The average Bonchev–Trinajstić information content (AvgIpc) is 3.51. The summed E-state index contributed by atoms with van der Waals surface area (Å²) in [6.45, 7) is 14.7. The van der Waals surface area contributed by atoms with Gasteiger partial charge in [-0.1, -0.05) is 31.9 Å². The Balaban J connectivity index is 2.46. The SMILES string of the molecule is C#Cc1ccc(C(C(=O)NC(C)(C)C)N(C(=O)C(NC(=O)OC(C)(C)C)C(C)C)C2CC2)cc1. The number of nitrogens with zero attached hydrogens (tertiary/aromatic N) is 1. The molecule has 3 amide bonds. The van der Waals surface area contributed by atoms with E-state index in [1.54, 1.807) is 49.9 Å². The molecule has 2 rings (SSSR count). The third-order valence-corrected chi connectivity index (χ3v) is 5.22. The highest BCUT2D eigenvalue weighted by Crippen LogP contribution is 2.36. The van der Waals surface area contributed by atoms with Gasteiger partial charge >= 0.3 is 6.09 Å². The van der Waals surface area contributed by atoms with Crippen molar-refractivity contribution >= 4 is 17.9 Å². The van der Waals surface area contributed by atoms with E-state index in [2.05, 4.69) is 16.6 Å².